The SMILES string of the molecule is CC(=O)OC[C@@H]1O[C@@H](Oc2c(Br)cc(Br)cc2Br)[C@@H](OC(C)=O)[C@H](OC(C)=O)[C@H]1OC(C)=O. The quantitative estimate of drug-likeness (QED) is 0.317. The highest BCUT2D eigenvalue weighted by Crippen LogP contribution is 2.39. The van der Waals surface area contributed by atoms with Crippen LogP contribution in [0.4, 0.5) is 0 Å². The van der Waals surface area contributed by atoms with Gasteiger partial charge in [0.1, 0.15) is 12.7 Å². The molecule has 1 fully saturated rings. The molecule has 5 atom stereocenters. The van der Waals surface area contributed by atoms with Crippen LogP contribution in [0.1, 0.15) is 27.7 Å². The van der Waals surface area contributed by atoms with Crippen molar-refractivity contribution in [1.82, 2.24) is 0 Å². The molecular weight excluding hydrogens is 640 g/mol. The molecular formula is C20H21Br3O10. The normalized spacial score (nSPS) is 24.4. The van der Waals surface area contributed by atoms with Gasteiger partial charge in [-0.1, -0.05) is 15.9 Å². The van der Waals surface area contributed by atoms with Gasteiger partial charge in [-0.3, -0.25) is 19.2 Å². The molecule has 33 heavy (non-hydrogen) atoms. The summed E-state index contributed by atoms with van der Waals surface area (Å²) in [7, 11) is 0. The summed E-state index contributed by atoms with van der Waals surface area (Å²) >= 11 is 10.1. The van der Waals surface area contributed by atoms with Crippen molar-refractivity contribution >= 4 is 71.7 Å². The van der Waals surface area contributed by atoms with Crippen molar-refractivity contribution in [1.29, 1.82) is 0 Å². The van der Waals surface area contributed by atoms with Gasteiger partial charge in [0.25, 0.3) is 0 Å². The number of ether oxygens (including phenoxy) is 6. The van der Waals surface area contributed by atoms with Crippen molar-refractivity contribution in [2.24, 2.45) is 0 Å². The van der Waals surface area contributed by atoms with E-state index >= 15 is 0 Å². The van der Waals surface area contributed by atoms with E-state index in [0.717, 1.165) is 25.2 Å². The topological polar surface area (TPSA) is 124 Å². The summed E-state index contributed by atoms with van der Waals surface area (Å²) in [6.45, 7) is 4.29. The molecule has 1 aliphatic rings. The van der Waals surface area contributed by atoms with E-state index in [1.807, 2.05) is 0 Å². The van der Waals surface area contributed by atoms with Crippen LogP contribution in [0.2, 0.25) is 0 Å². The second-order valence-electron chi connectivity index (χ2n) is 6.88. The van der Waals surface area contributed by atoms with Crippen LogP contribution in [0.25, 0.3) is 0 Å². The van der Waals surface area contributed by atoms with Gasteiger partial charge in [0.15, 0.2) is 18.0 Å². The van der Waals surface area contributed by atoms with Gasteiger partial charge in [-0.15, -0.1) is 0 Å². The van der Waals surface area contributed by atoms with Gasteiger partial charge >= 0.3 is 23.9 Å². The maximum Gasteiger partial charge on any atom is 0.303 e. The molecule has 0 amide bonds. The molecule has 1 heterocycles. The molecule has 0 aliphatic carbocycles. The van der Waals surface area contributed by atoms with Gasteiger partial charge in [-0.05, 0) is 44.0 Å². The molecule has 1 aromatic carbocycles. The largest absolute Gasteiger partial charge is 0.463 e. The van der Waals surface area contributed by atoms with Crippen LogP contribution in [-0.2, 0) is 42.9 Å². The smallest absolute Gasteiger partial charge is 0.303 e. The fourth-order valence-corrected chi connectivity index (χ4v) is 5.49. The number of halogens is 3. The minimum Gasteiger partial charge on any atom is -0.463 e. The molecule has 0 N–H and O–H groups in total. The summed E-state index contributed by atoms with van der Waals surface area (Å²) in [4.78, 5) is 46.9. The number of benzene rings is 1. The fraction of sp³-hybridized carbons (Fsp3) is 0.500. The van der Waals surface area contributed by atoms with Gasteiger partial charge < -0.3 is 28.4 Å². The highest BCUT2D eigenvalue weighted by Gasteiger charge is 2.53. The van der Waals surface area contributed by atoms with Crippen LogP contribution in [0.5, 0.6) is 5.75 Å². The molecule has 0 bridgehead atoms. The number of rotatable bonds is 7. The molecule has 10 nitrogen and oxygen atoms in total. The summed E-state index contributed by atoms with van der Waals surface area (Å²) in [6.07, 6.45) is -6.34. The van der Waals surface area contributed by atoms with Crippen LogP contribution >= 0.6 is 47.8 Å². The molecule has 13 heteroatoms. The van der Waals surface area contributed by atoms with Gasteiger partial charge in [0.05, 0.1) is 8.95 Å². The Bertz CT molecular complexity index is 898. The molecule has 0 spiro atoms. The minimum absolute atomic E-state index is 0.291. The van der Waals surface area contributed by atoms with Crippen molar-refractivity contribution in [2.75, 3.05) is 6.61 Å². The number of carbonyl (C=O) groups is 4. The zero-order valence-electron chi connectivity index (χ0n) is 18.0. The Kier molecular flexibility index (Phi) is 10.1. The molecule has 0 unspecified atom stereocenters. The molecule has 2 rings (SSSR count). The molecule has 1 aromatic rings. The van der Waals surface area contributed by atoms with E-state index in [1.165, 1.54) is 6.92 Å². The Morgan fingerprint density at radius 1 is 0.788 bits per heavy atom. The van der Waals surface area contributed by atoms with Crippen LogP contribution in [-0.4, -0.2) is 61.2 Å². The first kappa shape index (κ1) is 27.5. The fourth-order valence-electron chi connectivity index (χ4n) is 3.04. The van der Waals surface area contributed by atoms with Crippen LogP contribution < -0.4 is 4.74 Å². The van der Waals surface area contributed by atoms with Gasteiger partial charge in [0, 0.05) is 32.2 Å². The highest BCUT2D eigenvalue weighted by atomic mass is 79.9. The maximum atomic E-state index is 11.9. The standard InChI is InChI=1S/C20H21Br3O10/c1-8(24)28-7-15-17(29-9(2)25)18(30-10(3)26)19(31-11(4)27)20(32-15)33-16-13(22)5-12(21)6-14(16)23/h5-6,15,17-20H,7H2,1-4H3/t15-,17-,18+,19-,20-/m0/s1. The van der Waals surface area contributed by atoms with E-state index in [4.69, 9.17) is 28.4 Å². The first-order valence-corrected chi connectivity index (χ1v) is 11.9. The third-order valence-corrected chi connectivity index (χ3v) is 5.78. The van der Waals surface area contributed by atoms with Crippen molar-refractivity contribution in [3.05, 3.63) is 25.6 Å². The summed E-state index contributed by atoms with van der Waals surface area (Å²) in [5, 5.41) is 0. The molecule has 1 saturated heterocycles. The predicted octanol–water partition coefficient (Wildman–Crippen LogP) is 3.44. The van der Waals surface area contributed by atoms with Crippen molar-refractivity contribution in [3.63, 3.8) is 0 Å². The van der Waals surface area contributed by atoms with E-state index < -0.39 is 54.6 Å². The molecule has 0 radical (unpaired) electrons. The van der Waals surface area contributed by atoms with Gasteiger partial charge in [0.2, 0.25) is 12.4 Å². The second kappa shape index (κ2) is 12.1. The lowest BCUT2D eigenvalue weighted by molar-refractivity contribution is -0.288. The van der Waals surface area contributed by atoms with E-state index in [0.29, 0.717) is 14.7 Å². The highest BCUT2D eigenvalue weighted by molar-refractivity contribution is 9.11. The number of carbonyl (C=O) groups excluding carboxylic acids is 4. The average molecular weight is 661 g/mol. The Balaban J connectivity index is 2.52. The predicted molar refractivity (Wildman–Crippen MR) is 122 cm³/mol. The first-order valence-electron chi connectivity index (χ1n) is 9.50. The van der Waals surface area contributed by atoms with Crippen LogP contribution in [0.15, 0.2) is 25.6 Å². The lowest BCUT2D eigenvalue weighted by Crippen LogP contribution is -2.63. The van der Waals surface area contributed by atoms with Crippen molar-refractivity contribution < 1.29 is 47.6 Å². The zero-order chi connectivity index (χ0) is 24.9. The molecule has 0 saturated carbocycles. The monoisotopic (exact) mass is 658 g/mol. The lowest BCUT2D eigenvalue weighted by atomic mass is 9.98. The maximum absolute atomic E-state index is 11.9. The Morgan fingerprint density at radius 2 is 1.27 bits per heavy atom. The zero-order valence-corrected chi connectivity index (χ0v) is 22.7. The molecule has 0 aromatic heterocycles. The summed E-state index contributed by atoms with van der Waals surface area (Å²) < 4.78 is 34.8. The molecule has 182 valence electrons. The van der Waals surface area contributed by atoms with E-state index in [-0.39, 0.29) is 6.61 Å². The average Bonchev–Trinajstić information content (AvgIpc) is 2.66. The second-order valence-corrected chi connectivity index (χ2v) is 9.51. The van der Waals surface area contributed by atoms with Crippen LogP contribution in [0.3, 0.4) is 0 Å². The van der Waals surface area contributed by atoms with Gasteiger partial charge in [-0.2, -0.15) is 0 Å². The number of hydrogen-bond donors (Lipinski definition) is 0. The number of esters is 4. The summed E-state index contributed by atoms with van der Waals surface area (Å²) in [6, 6.07) is 3.43. The van der Waals surface area contributed by atoms with Crippen LogP contribution in [0, 0.1) is 0 Å². The van der Waals surface area contributed by atoms with Crippen molar-refractivity contribution in [3.8, 4) is 5.75 Å². The number of hydrogen-bond acceptors (Lipinski definition) is 10. The Hall–Kier alpha value is -1.70. The van der Waals surface area contributed by atoms with Gasteiger partial charge in [-0.25, -0.2) is 0 Å². The lowest BCUT2D eigenvalue weighted by Gasteiger charge is -2.44. The van der Waals surface area contributed by atoms with E-state index in [9.17, 15) is 19.2 Å². The summed E-state index contributed by atoms with van der Waals surface area (Å²) in [5.41, 5.74) is 0. The molecule has 1 aliphatic heterocycles. The third-order valence-electron chi connectivity index (χ3n) is 4.15. The minimum atomic E-state index is -1.33. The Morgan fingerprint density at radius 3 is 1.76 bits per heavy atom. The first-order chi connectivity index (χ1) is 15.4. The Labute approximate surface area is 214 Å². The van der Waals surface area contributed by atoms with E-state index in [1.54, 1.807) is 12.1 Å². The third kappa shape index (κ3) is 7.94. The summed E-state index contributed by atoms with van der Waals surface area (Å²) in [5.74, 6) is -2.48. The van der Waals surface area contributed by atoms with Crippen molar-refractivity contribution in [2.45, 2.75) is 58.4 Å². The van der Waals surface area contributed by atoms with E-state index in [2.05, 4.69) is 47.8 Å².